The van der Waals surface area contributed by atoms with Crippen molar-refractivity contribution < 1.29 is 18.3 Å². The highest BCUT2D eigenvalue weighted by Crippen LogP contribution is 2.25. The number of para-hydroxylation sites is 1. The molecule has 1 aliphatic rings. The van der Waals surface area contributed by atoms with Gasteiger partial charge in [-0.25, -0.2) is 4.39 Å². The molecular weight excluding hydrogens is 253 g/mol. The first-order valence-corrected chi connectivity index (χ1v) is 5.86. The Bertz CT molecular complexity index is 628. The van der Waals surface area contributed by atoms with Gasteiger partial charge in [-0.1, -0.05) is 6.07 Å². The van der Waals surface area contributed by atoms with Gasteiger partial charge in [-0.3, -0.25) is 4.79 Å². The minimum Gasteiger partial charge on any atom is -0.423 e. The molecule has 1 fully saturated rings. The van der Waals surface area contributed by atoms with Gasteiger partial charge in [-0.15, -0.1) is 0 Å². The number of carbonyl (C=O) groups is 1. The van der Waals surface area contributed by atoms with Gasteiger partial charge in [0.15, 0.2) is 17.5 Å². The van der Waals surface area contributed by atoms with Gasteiger partial charge in [-0.2, -0.15) is 4.98 Å². The number of hydrogen-bond donors (Lipinski definition) is 1. The monoisotopic (exact) mass is 265 g/mol. The van der Waals surface area contributed by atoms with Crippen LogP contribution in [0.2, 0.25) is 0 Å². The Balaban J connectivity index is 1.91. The maximum Gasteiger partial charge on any atom is 0.298 e. The zero-order valence-electron chi connectivity index (χ0n) is 10.0. The van der Waals surface area contributed by atoms with Gasteiger partial charge in [-0.05, 0) is 12.1 Å². The number of benzene rings is 1. The summed E-state index contributed by atoms with van der Waals surface area (Å²) in [6.45, 7) is 1.11. The Morgan fingerprint density at radius 3 is 3.11 bits per heavy atom. The molecule has 3 rings (SSSR count). The summed E-state index contributed by atoms with van der Waals surface area (Å²) in [5.74, 6) is -0.973. The number of amides is 1. The summed E-state index contributed by atoms with van der Waals surface area (Å²) in [6, 6.07) is 4.79. The van der Waals surface area contributed by atoms with E-state index in [1.165, 1.54) is 6.07 Å². The highest BCUT2D eigenvalue weighted by atomic mass is 19.1. The third-order valence-corrected chi connectivity index (χ3v) is 3.01. The fourth-order valence-corrected chi connectivity index (χ4v) is 2.03. The summed E-state index contributed by atoms with van der Waals surface area (Å²) in [5, 5.41) is 0. The van der Waals surface area contributed by atoms with Crippen LogP contribution in [0.4, 0.5) is 10.4 Å². The lowest BCUT2D eigenvalue weighted by molar-refractivity contribution is -0.130. The molecule has 1 aromatic heterocycles. The van der Waals surface area contributed by atoms with E-state index in [4.69, 9.17) is 14.9 Å². The van der Waals surface area contributed by atoms with Crippen molar-refractivity contribution in [2.75, 3.05) is 24.6 Å². The van der Waals surface area contributed by atoms with E-state index in [0.717, 1.165) is 0 Å². The van der Waals surface area contributed by atoms with Crippen molar-refractivity contribution in [1.29, 1.82) is 0 Å². The van der Waals surface area contributed by atoms with Crippen LogP contribution in [0.3, 0.4) is 0 Å². The predicted octanol–water partition coefficient (Wildman–Crippen LogP) is 0.657. The number of rotatable bonds is 2. The molecule has 2 N–H and O–H groups in total. The maximum atomic E-state index is 13.5. The standard InChI is InChI=1S/C12H12FN3O3/c13-7-2-1-3-8-10(7)15-12(19-8)16-4-5-18-9(6-16)11(14)17/h1-3,9H,4-6H2,(H2,14,17). The number of fused-ring (bicyclic) bond motifs is 1. The number of ether oxygens (including phenoxy) is 1. The number of nitrogens with zero attached hydrogens (tertiary/aromatic N) is 2. The van der Waals surface area contributed by atoms with E-state index in [1.54, 1.807) is 17.0 Å². The molecule has 2 heterocycles. The van der Waals surface area contributed by atoms with Crippen LogP contribution in [0, 0.1) is 5.82 Å². The topological polar surface area (TPSA) is 81.6 Å². The predicted molar refractivity (Wildman–Crippen MR) is 65.1 cm³/mol. The van der Waals surface area contributed by atoms with Crippen molar-refractivity contribution in [3.05, 3.63) is 24.0 Å². The quantitative estimate of drug-likeness (QED) is 0.862. The smallest absolute Gasteiger partial charge is 0.298 e. The number of hydrogen-bond acceptors (Lipinski definition) is 5. The van der Waals surface area contributed by atoms with Gasteiger partial charge in [0.25, 0.3) is 6.01 Å². The SMILES string of the molecule is NC(=O)C1CN(c2nc3c(F)cccc3o2)CCO1. The van der Waals surface area contributed by atoms with E-state index in [1.807, 2.05) is 0 Å². The molecule has 1 atom stereocenters. The minimum atomic E-state index is -0.700. The van der Waals surface area contributed by atoms with Gasteiger partial charge in [0.05, 0.1) is 13.2 Å². The average molecular weight is 265 g/mol. The van der Waals surface area contributed by atoms with E-state index in [-0.39, 0.29) is 18.1 Å². The second kappa shape index (κ2) is 4.51. The highest BCUT2D eigenvalue weighted by Gasteiger charge is 2.27. The molecule has 1 saturated heterocycles. The molecule has 1 unspecified atom stereocenters. The van der Waals surface area contributed by atoms with E-state index in [0.29, 0.717) is 18.7 Å². The number of oxazole rings is 1. The Morgan fingerprint density at radius 2 is 2.37 bits per heavy atom. The molecule has 0 bridgehead atoms. The summed E-state index contributed by atoms with van der Waals surface area (Å²) in [4.78, 5) is 16.9. The second-order valence-electron chi connectivity index (χ2n) is 4.29. The van der Waals surface area contributed by atoms with Crippen molar-refractivity contribution in [2.24, 2.45) is 5.73 Å². The summed E-state index contributed by atoms with van der Waals surface area (Å²) < 4.78 is 24.2. The molecule has 100 valence electrons. The molecule has 6 nitrogen and oxygen atoms in total. The molecule has 1 aliphatic heterocycles. The molecule has 0 aliphatic carbocycles. The average Bonchev–Trinajstić information content (AvgIpc) is 2.84. The van der Waals surface area contributed by atoms with Crippen LogP contribution in [0.15, 0.2) is 22.6 Å². The first-order chi connectivity index (χ1) is 9.15. The maximum absolute atomic E-state index is 13.5. The molecule has 1 aromatic carbocycles. The van der Waals surface area contributed by atoms with Crippen molar-refractivity contribution >= 4 is 23.0 Å². The van der Waals surface area contributed by atoms with Crippen LogP contribution >= 0.6 is 0 Å². The number of nitrogens with two attached hydrogens (primary N) is 1. The van der Waals surface area contributed by atoms with E-state index in [2.05, 4.69) is 4.98 Å². The van der Waals surface area contributed by atoms with Gasteiger partial charge in [0.2, 0.25) is 5.91 Å². The van der Waals surface area contributed by atoms with E-state index < -0.39 is 17.8 Å². The van der Waals surface area contributed by atoms with Gasteiger partial charge >= 0.3 is 0 Å². The Hall–Kier alpha value is -2.15. The molecule has 2 aromatic rings. The summed E-state index contributed by atoms with van der Waals surface area (Å²) >= 11 is 0. The molecule has 1 amide bonds. The molecule has 0 spiro atoms. The van der Waals surface area contributed by atoms with Crippen LogP contribution in [-0.2, 0) is 9.53 Å². The van der Waals surface area contributed by atoms with Crippen LogP contribution in [0.25, 0.3) is 11.1 Å². The molecule has 19 heavy (non-hydrogen) atoms. The molecule has 0 saturated carbocycles. The van der Waals surface area contributed by atoms with Gasteiger partial charge < -0.3 is 19.8 Å². The van der Waals surface area contributed by atoms with Gasteiger partial charge in [0.1, 0.15) is 5.52 Å². The number of primary amides is 1. The third-order valence-electron chi connectivity index (χ3n) is 3.01. The van der Waals surface area contributed by atoms with Crippen molar-refractivity contribution in [3.63, 3.8) is 0 Å². The van der Waals surface area contributed by atoms with E-state index >= 15 is 0 Å². The fourth-order valence-electron chi connectivity index (χ4n) is 2.03. The summed E-state index contributed by atoms with van der Waals surface area (Å²) in [6.07, 6.45) is -0.700. The zero-order valence-corrected chi connectivity index (χ0v) is 10.0. The van der Waals surface area contributed by atoms with Crippen molar-refractivity contribution in [3.8, 4) is 0 Å². The minimum absolute atomic E-state index is 0.180. The zero-order chi connectivity index (χ0) is 13.4. The first kappa shape index (κ1) is 11.9. The first-order valence-electron chi connectivity index (χ1n) is 5.86. The molecular formula is C12H12FN3O3. The normalized spacial score (nSPS) is 19.8. The number of morpholine rings is 1. The summed E-state index contributed by atoms with van der Waals surface area (Å²) in [7, 11) is 0. The number of aromatic nitrogens is 1. The fraction of sp³-hybridized carbons (Fsp3) is 0.333. The second-order valence-corrected chi connectivity index (χ2v) is 4.29. The Labute approximate surface area is 107 Å². The lowest BCUT2D eigenvalue weighted by Crippen LogP contribution is -2.48. The molecule has 7 heteroatoms. The Kier molecular flexibility index (Phi) is 2.83. The molecule has 0 radical (unpaired) electrons. The largest absolute Gasteiger partial charge is 0.423 e. The lowest BCUT2D eigenvalue weighted by Gasteiger charge is -2.29. The summed E-state index contributed by atoms with van der Waals surface area (Å²) in [5.41, 5.74) is 5.76. The van der Waals surface area contributed by atoms with Crippen LogP contribution in [0.5, 0.6) is 0 Å². The van der Waals surface area contributed by atoms with Crippen LogP contribution < -0.4 is 10.6 Å². The number of carbonyl (C=O) groups excluding carboxylic acids is 1. The van der Waals surface area contributed by atoms with Gasteiger partial charge in [0, 0.05) is 6.54 Å². The lowest BCUT2D eigenvalue weighted by atomic mass is 10.3. The van der Waals surface area contributed by atoms with Crippen molar-refractivity contribution in [1.82, 2.24) is 4.98 Å². The number of anilines is 1. The van der Waals surface area contributed by atoms with Crippen LogP contribution in [0.1, 0.15) is 0 Å². The third kappa shape index (κ3) is 2.12. The van der Waals surface area contributed by atoms with Crippen LogP contribution in [-0.4, -0.2) is 36.7 Å². The van der Waals surface area contributed by atoms with E-state index in [9.17, 15) is 9.18 Å². The van der Waals surface area contributed by atoms with Crippen molar-refractivity contribution in [2.45, 2.75) is 6.10 Å². The highest BCUT2D eigenvalue weighted by molar-refractivity contribution is 5.80. The number of halogens is 1. The Morgan fingerprint density at radius 1 is 1.53 bits per heavy atom.